The smallest absolute Gasteiger partial charge is 0.127 e. The summed E-state index contributed by atoms with van der Waals surface area (Å²) in [5.41, 5.74) is 2.02. The van der Waals surface area contributed by atoms with Crippen molar-refractivity contribution in [2.45, 2.75) is 18.8 Å². The van der Waals surface area contributed by atoms with E-state index in [1.807, 2.05) is 25.2 Å². The van der Waals surface area contributed by atoms with Crippen LogP contribution in [0.3, 0.4) is 0 Å². The fraction of sp³-hybridized carbons (Fsp3) is 0.294. The first kappa shape index (κ1) is 15.0. The number of hydrogen-bond donors (Lipinski definition) is 1. The van der Waals surface area contributed by atoms with Gasteiger partial charge < -0.3 is 5.32 Å². The van der Waals surface area contributed by atoms with Gasteiger partial charge in [-0.1, -0.05) is 48.0 Å². The second-order valence-corrected chi connectivity index (χ2v) is 5.38. The van der Waals surface area contributed by atoms with Gasteiger partial charge in [0.05, 0.1) is 0 Å². The quantitative estimate of drug-likeness (QED) is 0.831. The van der Waals surface area contributed by atoms with Gasteiger partial charge >= 0.3 is 0 Å². The Balaban J connectivity index is 2.06. The molecule has 1 nitrogen and oxygen atoms in total. The van der Waals surface area contributed by atoms with Crippen molar-refractivity contribution in [3.63, 3.8) is 0 Å². The zero-order valence-electron chi connectivity index (χ0n) is 11.6. The van der Waals surface area contributed by atoms with E-state index >= 15 is 0 Å². The highest BCUT2D eigenvalue weighted by Crippen LogP contribution is 2.23. The van der Waals surface area contributed by atoms with Crippen LogP contribution in [-0.2, 0) is 6.42 Å². The third-order valence-electron chi connectivity index (χ3n) is 3.50. The highest BCUT2D eigenvalue weighted by atomic mass is 35.5. The van der Waals surface area contributed by atoms with Gasteiger partial charge in [-0.2, -0.15) is 0 Å². The Bertz CT molecular complexity index is 542. The Labute approximate surface area is 124 Å². The molecule has 0 bridgehead atoms. The number of benzene rings is 2. The molecule has 0 aliphatic heterocycles. The van der Waals surface area contributed by atoms with Crippen LogP contribution in [0.2, 0.25) is 5.02 Å². The summed E-state index contributed by atoms with van der Waals surface area (Å²) < 4.78 is 13.8. The van der Waals surface area contributed by atoms with Crippen LogP contribution in [0.15, 0.2) is 48.5 Å². The summed E-state index contributed by atoms with van der Waals surface area (Å²) in [6, 6.07) is 15.3. The van der Waals surface area contributed by atoms with Crippen LogP contribution in [0.1, 0.15) is 23.5 Å². The van der Waals surface area contributed by atoms with Crippen molar-refractivity contribution >= 4 is 11.6 Å². The monoisotopic (exact) mass is 291 g/mol. The van der Waals surface area contributed by atoms with E-state index in [1.165, 1.54) is 11.6 Å². The van der Waals surface area contributed by atoms with Crippen LogP contribution in [0, 0.1) is 5.82 Å². The fourth-order valence-electron chi connectivity index (χ4n) is 2.41. The van der Waals surface area contributed by atoms with Crippen LogP contribution < -0.4 is 5.32 Å². The van der Waals surface area contributed by atoms with E-state index in [0.29, 0.717) is 17.4 Å². The molecule has 2 aromatic carbocycles. The van der Waals surface area contributed by atoms with Gasteiger partial charge in [0.2, 0.25) is 0 Å². The second kappa shape index (κ2) is 7.41. The predicted molar refractivity (Wildman–Crippen MR) is 82.8 cm³/mol. The summed E-state index contributed by atoms with van der Waals surface area (Å²) in [4.78, 5) is 0. The SMILES string of the molecule is CNCC(CCc1ccc(Cl)cc1F)c1ccccc1. The third-order valence-corrected chi connectivity index (χ3v) is 3.73. The maximum absolute atomic E-state index is 13.8. The van der Waals surface area contributed by atoms with Gasteiger partial charge in [-0.15, -0.1) is 0 Å². The van der Waals surface area contributed by atoms with Crippen LogP contribution in [0.25, 0.3) is 0 Å². The molecule has 0 heterocycles. The first-order chi connectivity index (χ1) is 9.70. The molecule has 0 saturated carbocycles. The topological polar surface area (TPSA) is 12.0 Å². The van der Waals surface area contributed by atoms with Crippen molar-refractivity contribution in [2.75, 3.05) is 13.6 Å². The Morgan fingerprint density at radius 2 is 1.90 bits per heavy atom. The maximum Gasteiger partial charge on any atom is 0.127 e. The van der Waals surface area contributed by atoms with E-state index in [9.17, 15) is 4.39 Å². The molecular formula is C17H19ClFN. The lowest BCUT2D eigenvalue weighted by atomic mass is 9.92. The Morgan fingerprint density at radius 1 is 1.15 bits per heavy atom. The number of rotatable bonds is 6. The number of halogens is 2. The molecule has 0 spiro atoms. The largest absolute Gasteiger partial charge is 0.319 e. The van der Waals surface area contributed by atoms with Crippen molar-refractivity contribution in [1.82, 2.24) is 5.32 Å². The van der Waals surface area contributed by atoms with E-state index in [0.717, 1.165) is 18.5 Å². The summed E-state index contributed by atoms with van der Waals surface area (Å²) >= 11 is 5.78. The van der Waals surface area contributed by atoms with Gasteiger partial charge in [0.1, 0.15) is 5.82 Å². The minimum Gasteiger partial charge on any atom is -0.319 e. The molecule has 0 amide bonds. The van der Waals surface area contributed by atoms with Crippen molar-refractivity contribution in [2.24, 2.45) is 0 Å². The van der Waals surface area contributed by atoms with E-state index in [4.69, 9.17) is 11.6 Å². The van der Waals surface area contributed by atoms with Crippen molar-refractivity contribution in [3.8, 4) is 0 Å². The van der Waals surface area contributed by atoms with Crippen LogP contribution in [0.4, 0.5) is 4.39 Å². The minimum atomic E-state index is -0.214. The summed E-state index contributed by atoms with van der Waals surface area (Å²) in [5, 5.41) is 3.66. The number of nitrogens with one attached hydrogen (secondary N) is 1. The lowest BCUT2D eigenvalue weighted by molar-refractivity contribution is 0.561. The Hall–Kier alpha value is -1.38. The molecule has 1 atom stereocenters. The molecule has 3 heteroatoms. The highest BCUT2D eigenvalue weighted by Gasteiger charge is 2.12. The molecule has 0 saturated heterocycles. The van der Waals surface area contributed by atoms with Gasteiger partial charge in [0.15, 0.2) is 0 Å². The zero-order chi connectivity index (χ0) is 14.4. The maximum atomic E-state index is 13.8. The number of likely N-dealkylation sites (N-methyl/N-ethyl adjacent to an activating group) is 1. The van der Waals surface area contributed by atoms with Crippen LogP contribution in [-0.4, -0.2) is 13.6 Å². The molecule has 106 valence electrons. The number of hydrogen-bond acceptors (Lipinski definition) is 1. The molecular weight excluding hydrogens is 273 g/mol. The zero-order valence-corrected chi connectivity index (χ0v) is 12.3. The molecule has 20 heavy (non-hydrogen) atoms. The summed E-state index contributed by atoms with van der Waals surface area (Å²) in [6.07, 6.45) is 1.62. The van der Waals surface area contributed by atoms with E-state index < -0.39 is 0 Å². The molecule has 2 aromatic rings. The normalized spacial score (nSPS) is 12.3. The van der Waals surface area contributed by atoms with Gasteiger partial charge in [0, 0.05) is 11.6 Å². The van der Waals surface area contributed by atoms with Crippen LogP contribution in [0.5, 0.6) is 0 Å². The van der Waals surface area contributed by atoms with Gasteiger partial charge in [-0.25, -0.2) is 4.39 Å². The molecule has 2 rings (SSSR count). The number of aryl methyl sites for hydroxylation is 1. The third kappa shape index (κ3) is 4.06. The molecule has 1 N–H and O–H groups in total. The summed E-state index contributed by atoms with van der Waals surface area (Å²) in [7, 11) is 1.94. The Kier molecular flexibility index (Phi) is 5.57. The second-order valence-electron chi connectivity index (χ2n) is 4.94. The predicted octanol–water partition coefficient (Wildman–Crippen LogP) is 4.41. The molecule has 0 aliphatic carbocycles. The fourth-order valence-corrected chi connectivity index (χ4v) is 2.57. The molecule has 1 unspecified atom stereocenters. The van der Waals surface area contributed by atoms with Gasteiger partial charge in [0.25, 0.3) is 0 Å². The molecule has 0 aromatic heterocycles. The molecule has 0 aliphatic rings. The standard InChI is InChI=1S/C17H19ClFN/c1-20-12-15(13-5-3-2-4-6-13)8-7-14-9-10-16(18)11-17(14)19/h2-6,9-11,15,20H,7-8,12H2,1H3. The van der Waals surface area contributed by atoms with E-state index in [1.54, 1.807) is 12.1 Å². The van der Waals surface area contributed by atoms with Crippen molar-refractivity contribution in [3.05, 3.63) is 70.5 Å². The van der Waals surface area contributed by atoms with Gasteiger partial charge in [-0.3, -0.25) is 0 Å². The summed E-state index contributed by atoms with van der Waals surface area (Å²) in [5.74, 6) is 0.171. The average Bonchev–Trinajstić information content (AvgIpc) is 2.46. The first-order valence-corrected chi connectivity index (χ1v) is 7.22. The minimum absolute atomic E-state index is 0.214. The Morgan fingerprint density at radius 3 is 2.55 bits per heavy atom. The van der Waals surface area contributed by atoms with Crippen molar-refractivity contribution < 1.29 is 4.39 Å². The lowest BCUT2D eigenvalue weighted by Gasteiger charge is -2.17. The van der Waals surface area contributed by atoms with E-state index in [2.05, 4.69) is 17.4 Å². The molecule has 0 fully saturated rings. The van der Waals surface area contributed by atoms with E-state index in [-0.39, 0.29) is 5.82 Å². The van der Waals surface area contributed by atoms with Crippen LogP contribution >= 0.6 is 11.6 Å². The molecule has 0 radical (unpaired) electrons. The highest BCUT2D eigenvalue weighted by molar-refractivity contribution is 6.30. The average molecular weight is 292 g/mol. The summed E-state index contributed by atoms with van der Waals surface area (Å²) in [6.45, 7) is 0.888. The van der Waals surface area contributed by atoms with Crippen molar-refractivity contribution in [1.29, 1.82) is 0 Å². The first-order valence-electron chi connectivity index (χ1n) is 6.84. The lowest BCUT2D eigenvalue weighted by Crippen LogP contribution is -2.18. The van der Waals surface area contributed by atoms with Gasteiger partial charge in [-0.05, 0) is 49.1 Å².